The van der Waals surface area contributed by atoms with Gasteiger partial charge in [0.25, 0.3) is 0 Å². The van der Waals surface area contributed by atoms with Crippen LogP contribution in [0, 0.1) is 18.8 Å². The first-order valence-corrected chi connectivity index (χ1v) is 8.79. The molecule has 24 heavy (non-hydrogen) atoms. The Bertz CT molecular complexity index is 851. The highest BCUT2D eigenvalue weighted by molar-refractivity contribution is 7.89. The maximum Gasteiger partial charge on any atom is 0.241 e. The third kappa shape index (κ3) is 5.01. The van der Waals surface area contributed by atoms with Gasteiger partial charge in [-0.15, -0.1) is 0 Å². The molecule has 2 rings (SSSR count). The molecule has 0 atom stereocenters. The highest BCUT2D eigenvalue weighted by Gasteiger charge is 2.13. The quantitative estimate of drug-likeness (QED) is 0.817. The minimum Gasteiger partial charge on any atom is -0.497 e. The second-order valence-electron chi connectivity index (χ2n) is 4.91. The van der Waals surface area contributed by atoms with Crippen LogP contribution in [0.5, 0.6) is 11.5 Å². The van der Waals surface area contributed by atoms with Crippen molar-refractivity contribution in [2.45, 2.75) is 11.8 Å². The van der Waals surface area contributed by atoms with E-state index in [0.717, 1.165) is 11.3 Å². The fraction of sp³-hybridized carbons (Fsp3) is 0.222. The smallest absolute Gasteiger partial charge is 0.241 e. The Morgan fingerprint density at radius 1 is 1.08 bits per heavy atom. The minimum absolute atomic E-state index is 0.0106. The zero-order valence-electron chi connectivity index (χ0n) is 13.6. The summed E-state index contributed by atoms with van der Waals surface area (Å²) < 4.78 is 37.2. The molecule has 0 bridgehead atoms. The molecule has 0 amide bonds. The van der Waals surface area contributed by atoms with Crippen LogP contribution in [-0.4, -0.2) is 28.7 Å². The molecule has 0 unspecified atom stereocenters. The first kappa shape index (κ1) is 17.9. The maximum absolute atomic E-state index is 12.1. The van der Waals surface area contributed by atoms with Gasteiger partial charge in [-0.3, -0.25) is 0 Å². The largest absolute Gasteiger partial charge is 0.497 e. The molecule has 0 aromatic heterocycles. The first-order chi connectivity index (χ1) is 11.5. The van der Waals surface area contributed by atoms with Gasteiger partial charge in [-0.2, -0.15) is 4.72 Å². The molecule has 0 aliphatic heterocycles. The summed E-state index contributed by atoms with van der Waals surface area (Å²) in [5.41, 5.74) is 1.03. The molecule has 0 radical (unpaired) electrons. The van der Waals surface area contributed by atoms with E-state index in [4.69, 9.17) is 9.47 Å². The maximum atomic E-state index is 12.1. The van der Waals surface area contributed by atoms with Crippen LogP contribution in [-0.2, 0) is 10.0 Å². The molecule has 0 spiro atoms. The molecule has 0 saturated carbocycles. The van der Waals surface area contributed by atoms with Crippen molar-refractivity contribution in [1.29, 1.82) is 0 Å². The summed E-state index contributed by atoms with van der Waals surface area (Å²) in [6, 6.07) is 13.9. The summed E-state index contributed by atoms with van der Waals surface area (Å²) in [5, 5.41) is 0. The van der Waals surface area contributed by atoms with Crippen molar-refractivity contribution in [1.82, 2.24) is 4.72 Å². The van der Waals surface area contributed by atoms with E-state index in [1.807, 2.05) is 31.2 Å². The Labute approximate surface area is 142 Å². The van der Waals surface area contributed by atoms with Crippen molar-refractivity contribution in [2.24, 2.45) is 0 Å². The van der Waals surface area contributed by atoms with Crippen molar-refractivity contribution in [3.8, 4) is 23.3 Å². The molecule has 0 saturated heterocycles. The molecule has 0 heterocycles. The van der Waals surface area contributed by atoms with Crippen LogP contribution < -0.4 is 14.2 Å². The van der Waals surface area contributed by atoms with Crippen molar-refractivity contribution in [3.63, 3.8) is 0 Å². The van der Waals surface area contributed by atoms with E-state index in [1.54, 1.807) is 12.1 Å². The van der Waals surface area contributed by atoms with Crippen LogP contribution in [0.2, 0.25) is 0 Å². The first-order valence-electron chi connectivity index (χ1n) is 7.31. The molecule has 5 nitrogen and oxygen atoms in total. The van der Waals surface area contributed by atoms with E-state index in [-0.39, 0.29) is 18.0 Å². The molecule has 0 fully saturated rings. The monoisotopic (exact) mass is 345 g/mol. The molecular formula is C18H19NO4S. The summed E-state index contributed by atoms with van der Waals surface area (Å²) >= 11 is 0. The predicted octanol–water partition coefficient (Wildman–Crippen LogP) is 2.36. The van der Waals surface area contributed by atoms with Gasteiger partial charge in [-0.25, -0.2) is 8.42 Å². The van der Waals surface area contributed by atoms with E-state index < -0.39 is 10.0 Å². The van der Waals surface area contributed by atoms with E-state index >= 15 is 0 Å². The van der Waals surface area contributed by atoms with E-state index in [0.29, 0.717) is 5.75 Å². The van der Waals surface area contributed by atoms with Gasteiger partial charge in [0.2, 0.25) is 10.0 Å². The topological polar surface area (TPSA) is 64.6 Å². The van der Waals surface area contributed by atoms with Gasteiger partial charge in [0.15, 0.2) is 0 Å². The molecule has 2 aromatic carbocycles. The average molecular weight is 345 g/mol. The number of rotatable bonds is 6. The number of hydrogen-bond acceptors (Lipinski definition) is 4. The van der Waals surface area contributed by atoms with Crippen LogP contribution in [0.4, 0.5) is 0 Å². The summed E-state index contributed by atoms with van der Waals surface area (Å²) in [5.74, 6) is 6.77. The Morgan fingerprint density at radius 2 is 1.88 bits per heavy atom. The molecule has 2 aromatic rings. The van der Waals surface area contributed by atoms with Gasteiger partial charge in [0.05, 0.1) is 18.6 Å². The van der Waals surface area contributed by atoms with Crippen LogP contribution in [0.3, 0.4) is 0 Å². The molecule has 0 aliphatic carbocycles. The molecule has 1 N–H and O–H groups in total. The normalized spacial score (nSPS) is 10.6. The van der Waals surface area contributed by atoms with Gasteiger partial charge >= 0.3 is 0 Å². The lowest BCUT2D eigenvalue weighted by Crippen LogP contribution is -2.24. The zero-order valence-corrected chi connectivity index (χ0v) is 14.4. The fourth-order valence-electron chi connectivity index (χ4n) is 1.93. The number of ether oxygens (including phenoxy) is 2. The lowest BCUT2D eigenvalue weighted by Gasteiger charge is -2.06. The predicted molar refractivity (Wildman–Crippen MR) is 92.6 cm³/mol. The fourth-order valence-corrected chi connectivity index (χ4v) is 2.89. The molecule has 126 valence electrons. The Kier molecular flexibility index (Phi) is 6.24. The third-order valence-corrected chi connectivity index (χ3v) is 4.62. The van der Waals surface area contributed by atoms with Crippen molar-refractivity contribution in [3.05, 3.63) is 54.1 Å². The average Bonchev–Trinajstić information content (AvgIpc) is 2.59. The number of nitrogens with one attached hydrogen (secondary N) is 1. The van der Waals surface area contributed by atoms with Crippen LogP contribution in [0.15, 0.2) is 53.4 Å². The lowest BCUT2D eigenvalue weighted by molar-refractivity contribution is 0.367. The van der Waals surface area contributed by atoms with Gasteiger partial charge in [-0.05, 0) is 30.7 Å². The Hall–Kier alpha value is -2.49. The van der Waals surface area contributed by atoms with E-state index in [2.05, 4.69) is 16.6 Å². The standard InChI is InChI=1S/C18H19NO4S/c1-15-8-3-4-11-18(15)23-13-6-5-12-19-24(20,21)17-10-7-9-16(14-17)22-2/h3-4,7-11,14,19H,12-13H2,1-2H3. The SMILES string of the molecule is COc1cccc(S(=O)(=O)NCC#CCOc2ccccc2C)c1. The molecular weight excluding hydrogens is 326 g/mol. The Morgan fingerprint density at radius 3 is 2.62 bits per heavy atom. The number of hydrogen-bond donors (Lipinski definition) is 1. The summed E-state index contributed by atoms with van der Waals surface area (Å²) in [4.78, 5) is 0.139. The minimum atomic E-state index is -3.61. The van der Waals surface area contributed by atoms with Crippen molar-refractivity contribution >= 4 is 10.0 Å². The third-order valence-electron chi connectivity index (χ3n) is 3.22. The number of methoxy groups -OCH3 is 1. The van der Waals surface area contributed by atoms with Gasteiger partial charge < -0.3 is 9.47 Å². The number of aryl methyl sites for hydroxylation is 1. The van der Waals surface area contributed by atoms with Crippen LogP contribution in [0.1, 0.15) is 5.56 Å². The van der Waals surface area contributed by atoms with Crippen LogP contribution in [0.25, 0.3) is 0 Å². The van der Waals surface area contributed by atoms with E-state index in [9.17, 15) is 8.42 Å². The second kappa shape index (κ2) is 8.39. The van der Waals surface area contributed by atoms with Crippen molar-refractivity contribution < 1.29 is 17.9 Å². The second-order valence-corrected chi connectivity index (χ2v) is 6.68. The Balaban J connectivity index is 1.86. The van der Waals surface area contributed by atoms with Gasteiger partial charge in [-0.1, -0.05) is 36.1 Å². The summed E-state index contributed by atoms with van der Waals surface area (Å²) in [6.45, 7) is 2.16. The summed E-state index contributed by atoms with van der Waals surface area (Å²) in [6.07, 6.45) is 0. The van der Waals surface area contributed by atoms with Gasteiger partial charge in [0, 0.05) is 6.07 Å². The lowest BCUT2D eigenvalue weighted by atomic mass is 10.2. The van der Waals surface area contributed by atoms with Crippen molar-refractivity contribution in [2.75, 3.05) is 20.3 Å². The van der Waals surface area contributed by atoms with E-state index in [1.165, 1.54) is 19.2 Å². The van der Waals surface area contributed by atoms with Gasteiger partial charge in [0.1, 0.15) is 18.1 Å². The highest BCUT2D eigenvalue weighted by Crippen LogP contribution is 2.17. The molecule has 0 aliphatic rings. The van der Waals surface area contributed by atoms with Crippen LogP contribution >= 0.6 is 0 Å². The summed E-state index contributed by atoms with van der Waals surface area (Å²) in [7, 11) is -2.13. The number of para-hydroxylation sites is 1. The number of benzene rings is 2. The number of sulfonamides is 1. The molecule has 6 heteroatoms. The highest BCUT2D eigenvalue weighted by atomic mass is 32.2. The zero-order chi connectivity index (χ0) is 17.4.